The smallest absolute Gasteiger partial charge is 0.249 e. The summed E-state index contributed by atoms with van der Waals surface area (Å²) in [6.45, 7) is 0. The summed E-state index contributed by atoms with van der Waals surface area (Å²) in [4.78, 5) is 16.8. The van der Waals surface area contributed by atoms with Crippen molar-refractivity contribution in [2.24, 2.45) is 5.73 Å². The zero-order chi connectivity index (χ0) is 13.1. The van der Waals surface area contributed by atoms with E-state index in [0.29, 0.717) is 21.2 Å². The van der Waals surface area contributed by atoms with Gasteiger partial charge in [-0.3, -0.25) is 9.78 Å². The van der Waals surface area contributed by atoms with E-state index in [-0.39, 0.29) is 0 Å². The van der Waals surface area contributed by atoms with E-state index in [9.17, 15) is 4.79 Å². The molecule has 0 saturated carbocycles. The summed E-state index contributed by atoms with van der Waals surface area (Å²) in [6.07, 6.45) is 3.33. The van der Waals surface area contributed by atoms with E-state index in [0.717, 1.165) is 4.90 Å². The molecule has 1 amide bonds. The Kier molecular flexibility index (Phi) is 3.74. The van der Waals surface area contributed by atoms with E-state index in [2.05, 4.69) is 4.98 Å². The van der Waals surface area contributed by atoms with Crippen LogP contribution >= 0.6 is 23.4 Å². The van der Waals surface area contributed by atoms with Crippen molar-refractivity contribution >= 4 is 35.0 Å². The molecule has 0 atom stereocenters. The van der Waals surface area contributed by atoms with Gasteiger partial charge in [0.1, 0.15) is 0 Å². The standard InChI is InChI=1S/C12H10ClN3OS/c13-10-6-7(14)5-9(12(15)17)11(10)18-8-1-3-16-4-2-8/h1-6H,14H2,(H2,15,17). The van der Waals surface area contributed by atoms with Crippen molar-refractivity contribution in [2.75, 3.05) is 5.73 Å². The Morgan fingerprint density at radius 2 is 1.94 bits per heavy atom. The number of pyridine rings is 1. The van der Waals surface area contributed by atoms with Crippen LogP contribution in [0.3, 0.4) is 0 Å². The summed E-state index contributed by atoms with van der Waals surface area (Å²) < 4.78 is 0. The lowest BCUT2D eigenvalue weighted by atomic mass is 10.2. The minimum absolute atomic E-state index is 0.321. The predicted molar refractivity (Wildman–Crippen MR) is 72.7 cm³/mol. The Morgan fingerprint density at radius 3 is 2.56 bits per heavy atom. The third-order valence-corrected chi connectivity index (χ3v) is 3.76. The zero-order valence-electron chi connectivity index (χ0n) is 9.26. The fourth-order valence-electron chi connectivity index (χ4n) is 1.43. The number of nitrogens with two attached hydrogens (primary N) is 2. The molecule has 1 aromatic carbocycles. The molecule has 1 aromatic heterocycles. The van der Waals surface area contributed by atoms with E-state index in [1.807, 2.05) is 12.1 Å². The van der Waals surface area contributed by atoms with Crippen LogP contribution in [0.4, 0.5) is 5.69 Å². The summed E-state index contributed by atoms with van der Waals surface area (Å²) >= 11 is 7.45. The number of halogens is 1. The molecule has 18 heavy (non-hydrogen) atoms. The maximum atomic E-state index is 11.4. The minimum Gasteiger partial charge on any atom is -0.399 e. The minimum atomic E-state index is -0.555. The summed E-state index contributed by atoms with van der Waals surface area (Å²) in [5.41, 5.74) is 11.7. The first kappa shape index (κ1) is 12.7. The van der Waals surface area contributed by atoms with Gasteiger partial charge < -0.3 is 11.5 Å². The highest BCUT2D eigenvalue weighted by molar-refractivity contribution is 7.99. The molecule has 0 radical (unpaired) electrons. The Balaban J connectivity index is 2.47. The van der Waals surface area contributed by atoms with Gasteiger partial charge in [0, 0.05) is 27.9 Å². The quantitative estimate of drug-likeness (QED) is 0.846. The lowest BCUT2D eigenvalue weighted by Crippen LogP contribution is -2.13. The van der Waals surface area contributed by atoms with E-state index >= 15 is 0 Å². The highest BCUT2D eigenvalue weighted by Crippen LogP contribution is 2.37. The van der Waals surface area contributed by atoms with Crippen LogP contribution in [0, 0.1) is 0 Å². The van der Waals surface area contributed by atoms with Crippen molar-refractivity contribution in [1.29, 1.82) is 0 Å². The Bertz CT molecular complexity index is 589. The number of aromatic nitrogens is 1. The first-order valence-electron chi connectivity index (χ1n) is 5.04. The number of benzene rings is 1. The normalized spacial score (nSPS) is 10.3. The summed E-state index contributed by atoms with van der Waals surface area (Å²) in [5.74, 6) is -0.555. The molecule has 0 aliphatic carbocycles. The molecule has 2 aromatic rings. The van der Waals surface area contributed by atoms with Gasteiger partial charge in [-0.25, -0.2) is 0 Å². The van der Waals surface area contributed by atoms with Crippen molar-refractivity contribution in [3.63, 3.8) is 0 Å². The van der Waals surface area contributed by atoms with Crippen LogP contribution < -0.4 is 11.5 Å². The van der Waals surface area contributed by atoms with Crippen molar-refractivity contribution < 1.29 is 4.79 Å². The second kappa shape index (κ2) is 5.29. The van der Waals surface area contributed by atoms with Crippen molar-refractivity contribution in [3.8, 4) is 0 Å². The molecule has 2 rings (SSSR count). The van der Waals surface area contributed by atoms with Crippen LogP contribution in [0.15, 0.2) is 46.5 Å². The molecule has 4 N–H and O–H groups in total. The summed E-state index contributed by atoms with van der Waals surface area (Å²) in [6, 6.07) is 6.76. The molecule has 0 spiro atoms. The van der Waals surface area contributed by atoms with Gasteiger partial charge in [-0.1, -0.05) is 23.4 Å². The molecule has 6 heteroatoms. The Labute approximate surface area is 113 Å². The topological polar surface area (TPSA) is 82.0 Å². The molecule has 0 aliphatic heterocycles. The number of hydrogen-bond acceptors (Lipinski definition) is 4. The lowest BCUT2D eigenvalue weighted by molar-refractivity contribution is 0.0997. The first-order valence-corrected chi connectivity index (χ1v) is 6.24. The van der Waals surface area contributed by atoms with Gasteiger partial charge in [0.15, 0.2) is 0 Å². The lowest BCUT2D eigenvalue weighted by Gasteiger charge is -2.09. The van der Waals surface area contributed by atoms with Gasteiger partial charge in [0.25, 0.3) is 0 Å². The van der Waals surface area contributed by atoms with E-state index < -0.39 is 5.91 Å². The van der Waals surface area contributed by atoms with Crippen LogP contribution in [0.2, 0.25) is 5.02 Å². The molecule has 0 bridgehead atoms. The number of carbonyl (C=O) groups is 1. The molecule has 92 valence electrons. The fraction of sp³-hybridized carbons (Fsp3) is 0. The molecule has 0 saturated heterocycles. The maximum Gasteiger partial charge on any atom is 0.249 e. The molecule has 1 heterocycles. The van der Waals surface area contributed by atoms with Crippen LogP contribution in [0.5, 0.6) is 0 Å². The monoisotopic (exact) mass is 279 g/mol. The average Bonchev–Trinajstić information content (AvgIpc) is 2.33. The summed E-state index contributed by atoms with van der Waals surface area (Å²) in [7, 11) is 0. The fourth-order valence-corrected chi connectivity index (χ4v) is 2.69. The number of carbonyl (C=O) groups excluding carboxylic acids is 1. The van der Waals surface area contributed by atoms with Crippen LogP contribution in [-0.2, 0) is 0 Å². The SMILES string of the molecule is NC(=O)c1cc(N)cc(Cl)c1Sc1ccncc1. The number of rotatable bonds is 3. The van der Waals surface area contributed by atoms with Crippen LogP contribution in [0.1, 0.15) is 10.4 Å². The van der Waals surface area contributed by atoms with Gasteiger partial charge >= 0.3 is 0 Å². The van der Waals surface area contributed by atoms with Crippen LogP contribution in [0.25, 0.3) is 0 Å². The van der Waals surface area contributed by atoms with Gasteiger partial charge in [-0.2, -0.15) is 0 Å². The third-order valence-electron chi connectivity index (χ3n) is 2.20. The summed E-state index contributed by atoms with van der Waals surface area (Å²) in [5, 5.41) is 0.408. The van der Waals surface area contributed by atoms with Gasteiger partial charge in [0.2, 0.25) is 5.91 Å². The number of nitrogen functional groups attached to an aromatic ring is 1. The Hall–Kier alpha value is -1.72. The van der Waals surface area contributed by atoms with Crippen molar-refractivity contribution in [3.05, 3.63) is 47.2 Å². The predicted octanol–water partition coefficient (Wildman–Crippen LogP) is 2.57. The molecule has 0 unspecified atom stereocenters. The van der Waals surface area contributed by atoms with E-state index in [1.54, 1.807) is 18.5 Å². The largest absolute Gasteiger partial charge is 0.399 e. The van der Waals surface area contributed by atoms with Gasteiger partial charge in [0.05, 0.1) is 10.6 Å². The number of amides is 1. The third kappa shape index (κ3) is 2.75. The van der Waals surface area contributed by atoms with E-state index in [4.69, 9.17) is 23.1 Å². The van der Waals surface area contributed by atoms with Crippen LogP contribution in [-0.4, -0.2) is 10.9 Å². The molecule has 0 fully saturated rings. The van der Waals surface area contributed by atoms with Gasteiger partial charge in [-0.05, 0) is 24.3 Å². The molecule has 4 nitrogen and oxygen atoms in total. The van der Waals surface area contributed by atoms with Crippen molar-refractivity contribution in [2.45, 2.75) is 9.79 Å². The second-order valence-electron chi connectivity index (χ2n) is 3.53. The van der Waals surface area contributed by atoms with E-state index in [1.165, 1.54) is 17.8 Å². The zero-order valence-corrected chi connectivity index (χ0v) is 10.8. The molecular weight excluding hydrogens is 270 g/mol. The molecular formula is C12H10ClN3OS. The number of anilines is 1. The number of primary amides is 1. The maximum absolute atomic E-state index is 11.4. The van der Waals surface area contributed by atoms with Crippen molar-refractivity contribution in [1.82, 2.24) is 4.98 Å². The van der Waals surface area contributed by atoms with Gasteiger partial charge in [-0.15, -0.1) is 0 Å². The highest BCUT2D eigenvalue weighted by Gasteiger charge is 2.14. The Morgan fingerprint density at radius 1 is 1.28 bits per heavy atom. The second-order valence-corrected chi connectivity index (χ2v) is 5.02. The number of hydrogen-bond donors (Lipinski definition) is 2. The number of nitrogens with zero attached hydrogens (tertiary/aromatic N) is 1. The highest BCUT2D eigenvalue weighted by atomic mass is 35.5. The average molecular weight is 280 g/mol. The molecule has 0 aliphatic rings. The first-order chi connectivity index (χ1) is 8.58.